The molecule has 2 rings (SSSR count). The van der Waals surface area contributed by atoms with Crippen molar-refractivity contribution in [1.82, 2.24) is 5.32 Å². The molecule has 0 heterocycles. The first-order chi connectivity index (χ1) is 11.7. The lowest BCUT2D eigenvalue weighted by molar-refractivity contribution is 0.0926. The molecule has 0 aliphatic carbocycles. The van der Waals surface area contributed by atoms with Crippen molar-refractivity contribution in [1.29, 1.82) is 0 Å². The Labute approximate surface area is 148 Å². The van der Waals surface area contributed by atoms with Gasteiger partial charge in [0.1, 0.15) is 12.4 Å². The van der Waals surface area contributed by atoms with Crippen LogP contribution in [0, 0.1) is 6.92 Å². The summed E-state index contributed by atoms with van der Waals surface area (Å²) in [5, 5.41) is 2.83. The molecule has 1 amide bonds. The van der Waals surface area contributed by atoms with E-state index >= 15 is 0 Å². The van der Waals surface area contributed by atoms with Crippen LogP contribution >= 0.6 is 0 Å². The smallest absolute Gasteiger partial charge is 0.251 e. The number of nitrogens with one attached hydrogen (secondary N) is 2. The summed E-state index contributed by atoms with van der Waals surface area (Å²) in [5.74, 6) is 0.487. The standard InChI is InChI=1S/C18H22N2O4S/c1-13-7-4-5-10-17(13)24-12-14(2)19-18(21)15-8-6-9-16(11-15)20-25(3,22)23/h4-11,14,20H,12H2,1-3H3,(H,19,21). The first-order valence-electron chi connectivity index (χ1n) is 7.82. The zero-order chi connectivity index (χ0) is 18.4. The highest BCUT2D eigenvalue weighted by molar-refractivity contribution is 7.92. The summed E-state index contributed by atoms with van der Waals surface area (Å²) >= 11 is 0. The van der Waals surface area contributed by atoms with Crippen LogP contribution in [-0.2, 0) is 10.0 Å². The zero-order valence-corrected chi connectivity index (χ0v) is 15.3. The van der Waals surface area contributed by atoms with Crippen molar-refractivity contribution in [3.05, 3.63) is 59.7 Å². The van der Waals surface area contributed by atoms with E-state index < -0.39 is 10.0 Å². The molecular weight excluding hydrogens is 340 g/mol. The van der Waals surface area contributed by atoms with Gasteiger partial charge in [0.2, 0.25) is 10.0 Å². The summed E-state index contributed by atoms with van der Waals surface area (Å²) in [4.78, 5) is 12.3. The topological polar surface area (TPSA) is 84.5 Å². The summed E-state index contributed by atoms with van der Waals surface area (Å²) in [6.45, 7) is 4.13. The van der Waals surface area contributed by atoms with Crippen LogP contribution in [0.5, 0.6) is 5.75 Å². The second-order valence-corrected chi connectivity index (χ2v) is 7.65. The number of hydrogen-bond donors (Lipinski definition) is 2. The third-order valence-electron chi connectivity index (χ3n) is 3.39. The SMILES string of the molecule is Cc1ccccc1OCC(C)NC(=O)c1cccc(NS(C)(=O)=O)c1. The molecule has 6 nitrogen and oxygen atoms in total. The van der Waals surface area contributed by atoms with Gasteiger partial charge in [-0.1, -0.05) is 24.3 Å². The Balaban J connectivity index is 1.95. The van der Waals surface area contributed by atoms with Gasteiger partial charge < -0.3 is 10.1 Å². The van der Waals surface area contributed by atoms with Crippen LogP contribution in [0.4, 0.5) is 5.69 Å². The Hall–Kier alpha value is -2.54. The fourth-order valence-corrected chi connectivity index (χ4v) is 2.78. The van der Waals surface area contributed by atoms with Gasteiger partial charge >= 0.3 is 0 Å². The van der Waals surface area contributed by atoms with Gasteiger partial charge in [-0.25, -0.2) is 8.42 Å². The quantitative estimate of drug-likeness (QED) is 0.793. The molecule has 7 heteroatoms. The number of hydrogen-bond acceptors (Lipinski definition) is 4. The maximum atomic E-state index is 12.3. The number of rotatable bonds is 7. The molecular formula is C18H22N2O4S. The summed E-state index contributed by atoms with van der Waals surface area (Å²) in [6.07, 6.45) is 1.06. The Morgan fingerprint density at radius 3 is 2.56 bits per heavy atom. The van der Waals surface area contributed by atoms with E-state index in [4.69, 9.17) is 4.74 Å². The second kappa shape index (κ2) is 8.02. The van der Waals surface area contributed by atoms with Gasteiger partial charge in [0.05, 0.1) is 12.3 Å². The molecule has 1 unspecified atom stereocenters. The Morgan fingerprint density at radius 1 is 1.16 bits per heavy atom. The zero-order valence-electron chi connectivity index (χ0n) is 14.4. The third kappa shape index (κ3) is 6.11. The lowest BCUT2D eigenvalue weighted by Crippen LogP contribution is -2.36. The van der Waals surface area contributed by atoms with Gasteiger partial charge in [-0.05, 0) is 43.7 Å². The monoisotopic (exact) mass is 362 g/mol. The van der Waals surface area contributed by atoms with E-state index in [2.05, 4.69) is 10.0 Å². The first kappa shape index (κ1) is 18.8. The summed E-state index contributed by atoms with van der Waals surface area (Å²) < 4.78 is 30.6. The fourth-order valence-electron chi connectivity index (χ4n) is 2.22. The minimum Gasteiger partial charge on any atom is -0.491 e. The van der Waals surface area contributed by atoms with Crippen LogP contribution in [0.3, 0.4) is 0 Å². The highest BCUT2D eigenvalue weighted by Gasteiger charge is 2.12. The molecule has 0 bridgehead atoms. The molecule has 0 aliphatic heterocycles. The van der Waals surface area contributed by atoms with Crippen molar-refractivity contribution >= 4 is 21.6 Å². The summed E-state index contributed by atoms with van der Waals surface area (Å²) in [5.41, 5.74) is 1.75. The van der Waals surface area contributed by atoms with Gasteiger partial charge in [-0.15, -0.1) is 0 Å². The highest BCUT2D eigenvalue weighted by Crippen LogP contribution is 2.16. The van der Waals surface area contributed by atoms with Crippen molar-refractivity contribution in [2.24, 2.45) is 0 Å². The van der Waals surface area contributed by atoms with Crippen LogP contribution in [0.2, 0.25) is 0 Å². The van der Waals surface area contributed by atoms with E-state index in [9.17, 15) is 13.2 Å². The molecule has 1 atom stereocenters. The number of amides is 1. The van der Waals surface area contributed by atoms with Crippen LogP contribution < -0.4 is 14.8 Å². The predicted octanol–water partition coefficient (Wildman–Crippen LogP) is 2.56. The molecule has 25 heavy (non-hydrogen) atoms. The van der Waals surface area contributed by atoms with Gasteiger partial charge in [0.25, 0.3) is 5.91 Å². The van der Waals surface area contributed by atoms with Gasteiger partial charge in [-0.2, -0.15) is 0 Å². The maximum Gasteiger partial charge on any atom is 0.251 e. The van der Waals surface area contributed by atoms with Gasteiger partial charge in [0.15, 0.2) is 0 Å². The van der Waals surface area contributed by atoms with Crippen LogP contribution in [0.25, 0.3) is 0 Å². The van der Waals surface area contributed by atoms with Crippen LogP contribution in [0.15, 0.2) is 48.5 Å². The van der Waals surface area contributed by atoms with Crippen LogP contribution in [-0.4, -0.2) is 33.2 Å². The normalized spacial score (nSPS) is 12.3. The number of sulfonamides is 1. The van der Waals surface area contributed by atoms with Crippen molar-refractivity contribution in [2.75, 3.05) is 17.6 Å². The largest absolute Gasteiger partial charge is 0.491 e. The number of anilines is 1. The Kier molecular flexibility index (Phi) is 6.03. The predicted molar refractivity (Wildman–Crippen MR) is 98.5 cm³/mol. The summed E-state index contributed by atoms with van der Waals surface area (Å²) in [7, 11) is -3.39. The molecule has 0 saturated heterocycles. The average Bonchev–Trinajstić information content (AvgIpc) is 2.52. The van der Waals surface area contributed by atoms with E-state index in [1.165, 1.54) is 6.07 Å². The fraction of sp³-hybridized carbons (Fsp3) is 0.278. The number of aryl methyl sites for hydroxylation is 1. The van der Waals surface area contributed by atoms with Gasteiger partial charge in [0, 0.05) is 11.3 Å². The number of para-hydroxylation sites is 1. The molecule has 0 aliphatic rings. The lowest BCUT2D eigenvalue weighted by Gasteiger charge is -2.16. The molecule has 2 N–H and O–H groups in total. The van der Waals surface area contributed by atoms with E-state index in [-0.39, 0.29) is 11.9 Å². The minimum atomic E-state index is -3.39. The lowest BCUT2D eigenvalue weighted by atomic mass is 10.2. The van der Waals surface area contributed by atoms with Crippen molar-refractivity contribution in [2.45, 2.75) is 19.9 Å². The highest BCUT2D eigenvalue weighted by atomic mass is 32.2. The molecule has 0 saturated carbocycles. The molecule has 0 spiro atoms. The van der Waals surface area contributed by atoms with E-state index in [1.807, 2.05) is 38.1 Å². The maximum absolute atomic E-state index is 12.3. The van der Waals surface area contributed by atoms with E-state index in [0.29, 0.717) is 17.9 Å². The number of benzene rings is 2. The number of carbonyl (C=O) groups excluding carboxylic acids is 1. The first-order valence-corrected chi connectivity index (χ1v) is 9.71. The molecule has 134 valence electrons. The number of ether oxygens (including phenoxy) is 1. The third-order valence-corrected chi connectivity index (χ3v) is 3.99. The Morgan fingerprint density at radius 2 is 1.88 bits per heavy atom. The van der Waals surface area contributed by atoms with Crippen LogP contribution in [0.1, 0.15) is 22.8 Å². The Bertz CT molecular complexity index is 850. The number of carbonyl (C=O) groups is 1. The molecule has 0 fully saturated rings. The molecule has 2 aromatic carbocycles. The van der Waals surface area contributed by atoms with Crippen molar-refractivity contribution in [3.8, 4) is 5.75 Å². The second-order valence-electron chi connectivity index (χ2n) is 5.91. The molecule has 0 radical (unpaired) electrons. The van der Waals surface area contributed by atoms with Gasteiger partial charge in [-0.3, -0.25) is 9.52 Å². The van der Waals surface area contributed by atoms with Crippen molar-refractivity contribution in [3.63, 3.8) is 0 Å². The van der Waals surface area contributed by atoms with E-state index in [0.717, 1.165) is 17.6 Å². The minimum absolute atomic E-state index is 0.210. The molecule has 0 aromatic heterocycles. The van der Waals surface area contributed by atoms with Crippen molar-refractivity contribution < 1.29 is 17.9 Å². The van der Waals surface area contributed by atoms with E-state index in [1.54, 1.807) is 18.2 Å². The molecule has 2 aromatic rings. The summed E-state index contributed by atoms with van der Waals surface area (Å²) in [6, 6.07) is 13.8. The average molecular weight is 362 g/mol.